The number of nitrogens with zero attached hydrogens (tertiary/aromatic N) is 5. The number of nitrogens with two attached hydrogens (primary N) is 1. The van der Waals surface area contributed by atoms with Crippen molar-refractivity contribution in [2.45, 2.75) is 68.9 Å². The molecule has 312 valence electrons. The zero-order valence-corrected chi connectivity index (χ0v) is 32.0. The summed E-state index contributed by atoms with van der Waals surface area (Å²) in [5, 5.41) is 10.7. The van der Waals surface area contributed by atoms with E-state index in [9.17, 15) is 28.8 Å². The normalized spacial score (nSPS) is 13.6. The smallest absolute Gasteiger partial charge is 0.377 e. The molecule has 0 aliphatic carbocycles. The van der Waals surface area contributed by atoms with Crippen LogP contribution in [0.3, 0.4) is 0 Å². The first-order valence-corrected chi connectivity index (χ1v) is 18.7. The molecule has 0 spiro atoms. The van der Waals surface area contributed by atoms with Crippen LogP contribution in [0.1, 0.15) is 34.0 Å². The molecule has 4 amide bonds. The van der Waals surface area contributed by atoms with Crippen molar-refractivity contribution in [1.29, 1.82) is 0 Å². The molecule has 5 atom stereocenters. The highest BCUT2D eigenvalue weighted by Gasteiger charge is 2.35. The van der Waals surface area contributed by atoms with Gasteiger partial charge in [-0.25, -0.2) is 29.7 Å². The lowest BCUT2D eigenvalue weighted by Crippen LogP contribution is -2.60. The van der Waals surface area contributed by atoms with Crippen LogP contribution in [0.2, 0.25) is 0 Å². The number of aromatic amines is 5. The molecule has 1 aromatic carbocycles. The van der Waals surface area contributed by atoms with Gasteiger partial charge in [-0.15, -0.1) is 0 Å². The standard InChI is InChI=1S/C38H43N15O7/c39-28(6-23-11-40-17-45-23)34(55)51-30(8-25-13-42-19-47-25)36(57)53-32(10-27-15-44-21-49-27)37(58)52-31(9-26-14-43-20-48-26)35(56)50-29(7-24-12-41-18-46-24)33(54)38(59)60-16-22-4-2-1-3-5-22/h1-5,11-15,17-21,28-32H,6-10,16,39H2,(H,40,45)(H,41,46)(H,42,47)(H,43,48)(H,44,49)(H,50,56)(H,51,55)(H,52,58)(H,53,57)/t28-,29-,30-,31-,32-/m0/s1. The predicted molar refractivity (Wildman–Crippen MR) is 208 cm³/mol. The van der Waals surface area contributed by atoms with Crippen molar-refractivity contribution < 1.29 is 33.5 Å². The maximum atomic E-state index is 14.2. The number of carbonyl (C=O) groups excluding carboxylic acids is 6. The molecule has 6 rings (SSSR count). The molecule has 0 aliphatic heterocycles. The van der Waals surface area contributed by atoms with Gasteiger partial charge in [-0.1, -0.05) is 30.3 Å². The number of ether oxygens (including phenoxy) is 1. The third kappa shape index (κ3) is 12.1. The van der Waals surface area contributed by atoms with Gasteiger partial charge in [0.15, 0.2) is 0 Å². The zero-order chi connectivity index (χ0) is 42.3. The van der Waals surface area contributed by atoms with Crippen LogP contribution in [-0.4, -0.2) is 115 Å². The molecule has 0 radical (unpaired) electrons. The lowest BCUT2D eigenvalue weighted by Gasteiger charge is -2.26. The Bertz CT molecular complexity index is 2260. The van der Waals surface area contributed by atoms with E-state index in [-0.39, 0.29) is 38.7 Å². The Morgan fingerprint density at radius 1 is 0.500 bits per heavy atom. The Hall–Kier alpha value is -7.75. The monoisotopic (exact) mass is 821 g/mol. The van der Waals surface area contributed by atoms with Crippen LogP contribution >= 0.6 is 0 Å². The molecule has 0 saturated heterocycles. The van der Waals surface area contributed by atoms with Crippen LogP contribution in [-0.2, 0) is 72.2 Å². The number of aromatic nitrogens is 10. The van der Waals surface area contributed by atoms with E-state index in [1.165, 1.54) is 62.6 Å². The van der Waals surface area contributed by atoms with Gasteiger partial charge < -0.3 is 56.7 Å². The van der Waals surface area contributed by atoms with E-state index in [1.807, 2.05) is 0 Å². The number of esters is 1. The number of amides is 4. The molecule has 22 nitrogen and oxygen atoms in total. The Morgan fingerprint density at radius 2 is 0.850 bits per heavy atom. The number of benzene rings is 1. The third-order valence-corrected chi connectivity index (χ3v) is 9.19. The molecule has 0 bridgehead atoms. The molecule has 6 aromatic rings. The number of hydrogen-bond donors (Lipinski definition) is 10. The summed E-state index contributed by atoms with van der Waals surface area (Å²) in [6.07, 6.45) is 14.0. The van der Waals surface area contributed by atoms with E-state index in [2.05, 4.69) is 71.1 Å². The average Bonchev–Trinajstić information content (AvgIpc) is 4.11. The number of ketones is 1. The highest BCUT2D eigenvalue weighted by atomic mass is 16.5. The van der Waals surface area contributed by atoms with E-state index in [0.717, 1.165) is 0 Å². The molecule has 60 heavy (non-hydrogen) atoms. The van der Waals surface area contributed by atoms with Gasteiger partial charge in [0, 0.05) is 91.6 Å². The summed E-state index contributed by atoms with van der Waals surface area (Å²) >= 11 is 0. The van der Waals surface area contributed by atoms with Crippen LogP contribution in [0.25, 0.3) is 0 Å². The largest absolute Gasteiger partial charge is 0.455 e. The molecule has 5 aromatic heterocycles. The second kappa shape index (κ2) is 20.6. The molecular formula is C38H43N15O7. The topological polar surface area (TPSA) is 329 Å². The third-order valence-electron chi connectivity index (χ3n) is 9.19. The second-order valence-electron chi connectivity index (χ2n) is 13.7. The number of Topliss-reactive ketones (excluding diaryl/α,β-unsaturated/α-hetero) is 1. The SMILES string of the molecule is N[C@@H](Cc1cnc[nH]1)C(=O)N[C@@H](Cc1cnc[nH]1)C(=O)N[C@@H](Cc1cnc[nH]1)C(=O)N[C@@H](Cc1cnc[nH]1)C(=O)N[C@@H](Cc1cnc[nH]1)C(=O)C(=O)OCc1ccccc1. The molecule has 0 aliphatic rings. The van der Waals surface area contributed by atoms with Gasteiger partial charge in [0.2, 0.25) is 23.6 Å². The fraction of sp³-hybridized carbons (Fsp3) is 0.289. The number of nitrogens with one attached hydrogen (secondary N) is 9. The maximum absolute atomic E-state index is 14.2. The minimum absolute atomic E-state index is 0.0445. The van der Waals surface area contributed by atoms with Gasteiger partial charge in [0.25, 0.3) is 5.78 Å². The summed E-state index contributed by atoms with van der Waals surface area (Å²) in [5.74, 6) is -5.26. The van der Waals surface area contributed by atoms with Crippen LogP contribution in [0.5, 0.6) is 0 Å². The highest BCUT2D eigenvalue weighted by molar-refractivity contribution is 6.36. The van der Waals surface area contributed by atoms with Crippen LogP contribution in [0, 0.1) is 0 Å². The van der Waals surface area contributed by atoms with E-state index in [4.69, 9.17) is 10.5 Å². The summed E-state index contributed by atoms with van der Waals surface area (Å²) in [5.41, 5.74) is 9.27. The molecular weight excluding hydrogens is 779 g/mol. The van der Waals surface area contributed by atoms with Gasteiger partial charge in [0.1, 0.15) is 30.8 Å². The fourth-order valence-electron chi connectivity index (χ4n) is 6.06. The summed E-state index contributed by atoms with van der Waals surface area (Å²) < 4.78 is 5.27. The van der Waals surface area contributed by atoms with Crippen molar-refractivity contribution in [2.24, 2.45) is 5.73 Å². The summed E-state index contributed by atoms with van der Waals surface area (Å²) in [7, 11) is 0. The zero-order valence-electron chi connectivity index (χ0n) is 32.0. The quantitative estimate of drug-likeness (QED) is 0.0273. The van der Waals surface area contributed by atoms with Gasteiger partial charge in [-0.05, 0) is 5.56 Å². The lowest BCUT2D eigenvalue weighted by atomic mass is 10.0. The molecule has 0 fully saturated rings. The van der Waals surface area contributed by atoms with Crippen molar-refractivity contribution in [3.05, 3.63) is 127 Å². The summed E-state index contributed by atoms with van der Waals surface area (Å²) in [6, 6.07) is 2.31. The first-order chi connectivity index (χ1) is 29.1. The minimum atomic E-state index is -1.44. The van der Waals surface area contributed by atoms with E-state index >= 15 is 0 Å². The summed E-state index contributed by atoms with van der Waals surface area (Å²) in [6.45, 7) is -0.178. The molecule has 0 saturated carbocycles. The van der Waals surface area contributed by atoms with Crippen molar-refractivity contribution in [3.63, 3.8) is 0 Å². The first kappa shape index (κ1) is 41.9. The van der Waals surface area contributed by atoms with Gasteiger partial charge in [0.05, 0.1) is 37.7 Å². The number of H-pyrrole nitrogens is 5. The molecule has 22 heteroatoms. The van der Waals surface area contributed by atoms with Gasteiger partial charge >= 0.3 is 5.97 Å². The minimum Gasteiger partial charge on any atom is -0.455 e. The van der Waals surface area contributed by atoms with Gasteiger partial charge in [-0.2, -0.15) is 0 Å². The Morgan fingerprint density at radius 3 is 1.23 bits per heavy atom. The van der Waals surface area contributed by atoms with Crippen LogP contribution in [0.4, 0.5) is 0 Å². The summed E-state index contributed by atoms with van der Waals surface area (Å²) in [4.78, 5) is 117. The highest BCUT2D eigenvalue weighted by Crippen LogP contribution is 2.09. The Labute approximate surface area is 341 Å². The number of rotatable bonds is 22. The lowest BCUT2D eigenvalue weighted by molar-refractivity contribution is -0.156. The molecule has 11 N–H and O–H groups in total. The van der Waals surface area contributed by atoms with Crippen molar-refractivity contribution >= 4 is 35.4 Å². The number of carbonyl (C=O) groups is 6. The predicted octanol–water partition coefficient (Wildman–Crippen LogP) is -1.61. The average molecular weight is 822 g/mol. The Balaban J connectivity index is 1.20. The molecule has 0 unspecified atom stereocenters. The second-order valence-corrected chi connectivity index (χ2v) is 13.7. The first-order valence-electron chi connectivity index (χ1n) is 18.7. The fourth-order valence-corrected chi connectivity index (χ4v) is 6.06. The van der Waals surface area contributed by atoms with Crippen molar-refractivity contribution in [1.82, 2.24) is 71.1 Å². The maximum Gasteiger partial charge on any atom is 0.377 e. The van der Waals surface area contributed by atoms with E-state index in [0.29, 0.717) is 34.0 Å². The van der Waals surface area contributed by atoms with E-state index in [1.54, 1.807) is 30.3 Å². The van der Waals surface area contributed by atoms with Crippen molar-refractivity contribution in [3.8, 4) is 0 Å². The van der Waals surface area contributed by atoms with Crippen LogP contribution in [0.15, 0.2) is 93.0 Å². The Kier molecular flexibility index (Phi) is 14.4. The number of imidazole rings is 5. The van der Waals surface area contributed by atoms with Crippen molar-refractivity contribution in [2.75, 3.05) is 0 Å². The van der Waals surface area contributed by atoms with Crippen LogP contribution < -0.4 is 27.0 Å². The van der Waals surface area contributed by atoms with Gasteiger partial charge in [-0.3, -0.25) is 24.0 Å². The molecule has 5 heterocycles. The number of hydrogen-bond acceptors (Lipinski definition) is 13. The van der Waals surface area contributed by atoms with E-state index < -0.39 is 65.6 Å².